The molecule has 0 bridgehead atoms. The molecule has 6 nitrogen and oxygen atoms in total. The number of aliphatic carboxylic acids is 1. The number of rotatable bonds is 3. The third-order valence-corrected chi connectivity index (χ3v) is 3.03. The van der Waals surface area contributed by atoms with Gasteiger partial charge < -0.3 is 15.3 Å². The number of halogens is 1. The van der Waals surface area contributed by atoms with Crippen molar-refractivity contribution in [3.8, 4) is 0 Å². The van der Waals surface area contributed by atoms with Crippen molar-refractivity contribution in [2.75, 3.05) is 13.1 Å². The Morgan fingerprint density at radius 1 is 1.45 bits per heavy atom. The summed E-state index contributed by atoms with van der Waals surface area (Å²) in [7, 11) is 0. The third-order valence-electron chi connectivity index (χ3n) is 3.03. The van der Waals surface area contributed by atoms with Crippen LogP contribution in [-0.2, 0) is 9.59 Å². The first-order valence-corrected chi connectivity index (χ1v) is 6.05. The van der Waals surface area contributed by atoms with Gasteiger partial charge in [0.1, 0.15) is 11.9 Å². The zero-order valence-electron chi connectivity index (χ0n) is 10.5. The SMILES string of the molecule is O=C(O)CC1C(=O)NCCN1C(=O)c1cccc(F)c1. The van der Waals surface area contributed by atoms with Crippen molar-refractivity contribution in [1.82, 2.24) is 10.2 Å². The summed E-state index contributed by atoms with van der Waals surface area (Å²) in [5.41, 5.74) is 0.0927. The lowest BCUT2D eigenvalue weighted by Crippen LogP contribution is -2.57. The van der Waals surface area contributed by atoms with Gasteiger partial charge in [-0.1, -0.05) is 6.07 Å². The van der Waals surface area contributed by atoms with Crippen LogP contribution in [-0.4, -0.2) is 46.9 Å². The fourth-order valence-electron chi connectivity index (χ4n) is 2.11. The number of nitrogens with zero attached hydrogens (tertiary/aromatic N) is 1. The molecule has 1 fully saturated rings. The second-order valence-corrected chi connectivity index (χ2v) is 4.41. The number of carbonyl (C=O) groups excluding carboxylic acids is 2. The number of amides is 2. The second kappa shape index (κ2) is 5.68. The van der Waals surface area contributed by atoms with Crippen molar-refractivity contribution in [2.45, 2.75) is 12.5 Å². The Labute approximate surface area is 114 Å². The Bertz CT molecular complexity index is 561. The summed E-state index contributed by atoms with van der Waals surface area (Å²) in [6.45, 7) is 0.440. The molecule has 106 valence electrons. The van der Waals surface area contributed by atoms with E-state index in [1.807, 2.05) is 0 Å². The molecule has 0 aromatic heterocycles. The van der Waals surface area contributed by atoms with Crippen LogP contribution >= 0.6 is 0 Å². The minimum absolute atomic E-state index is 0.0927. The van der Waals surface area contributed by atoms with Gasteiger partial charge in [0, 0.05) is 18.7 Å². The van der Waals surface area contributed by atoms with Crippen LogP contribution in [0.2, 0.25) is 0 Å². The van der Waals surface area contributed by atoms with Crippen molar-refractivity contribution < 1.29 is 23.9 Å². The Morgan fingerprint density at radius 3 is 2.85 bits per heavy atom. The van der Waals surface area contributed by atoms with E-state index in [2.05, 4.69) is 5.32 Å². The van der Waals surface area contributed by atoms with Crippen LogP contribution in [0.4, 0.5) is 4.39 Å². The molecule has 0 aliphatic carbocycles. The van der Waals surface area contributed by atoms with Crippen LogP contribution in [0.25, 0.3) is 0 Å². The zero-order chi connectivity index (χ0) is 14.7. The molecule has 1 aromatic carbocycles. The molecule has 0 spiro atoms. The van der Waals surface area contributed by atoms with Crippen LogP contribution in [0.1, 0.15) is 16.8 Å². The van der Waals surface area contributed by atoms with E-state index in [0.29, 0.717) is 0 Å². The standard InChI is InChI=1S/C13H13FN2O4/c14-9-3-1-2-8(6-9)13(20)16-5-4-15-12(19)10(16)7-11(17)18/h1-3,6,10H,4-5,7H2,(H,15,19)(H,17,18). The molecule has 1 aliphatic heterocycles. The molecule has 20 heavy (non-hydrogen) atoms. The first kappa shape index (κ1) is 14.0. The van der Waals surface area contributed by atoms with Gasteiger partial charge in [-0.3, -0.25) is 14.4 Å². The molecular weight excluding hydrogens is 267 g/mol. The summed E-state index contributed by atoms with van der Waals surface area (Å²) in [6, 6.07) is 4.01. The number of carbonyl (C=O) groups is 3. The molecule has 1 atom stereocenters. The normalized spacial score (nSPS) is 18.6. The number of benzene rings is 1. The molecular formula is C13H13FN2O4. The molecule has 2 amide bonds. The summed E-state index contributed by atoms with van der Waals surface area (Å²) in [5.74, 6) is -2.80. The Hall–Kier alpha value is -2.44. The van der Waals surface area contributed by atoms with Gasteiger partial charge in [0.15, 0.2) is 0 Å². The van der Waals surface area contributed by atoms with E-state index in [1.165, 1.54) is 23.1 Å². The lowest BCUT2D eigenvalue weighted by molar-refractivity contribution is -0.142. The van der Waals surface area contributed by atoms with E-state index in [9.17, 15) is 18.8 Å². The minimum atomic E-state index is -1.18. The maximum absolute atomic E-state index is 13.1. The van der Waals surface area contributed by atoms with Crippen LogP contribution < -0.4 is 5.32 Å². The molecule has 1 saturated heterocycles. The predicted octanol–water partition coefficient (Wildman–Crippen LogP) is 0.241. The largest absolute Gasteiger partial charge is 0.481 e. The van der Waals surface area contributed by atoms with Gasteiger partial charge in [0.05, 0.1) is 6.42 Å². The number of carboxylic acid groups (broad SMARTS) is 1. The Kier molecular flexibility index (Phi) is 3.97. The highest BCUT2D eigenvalue weighted by atomic mass is 19.1. The molecule has 1 heterocycles. The third kappa shape index (κ3) is 2.93. The quantitative estimate of drug-likeness (QED) is 0.830. The fourth-order valence-corrected chi connectivity index (χ4v) is 2.11. The van der Waals surface area contributed by atoms with Gasteiger partial charge in [-0.15, -0.1) is 0 Å². The Morgan fingerprint density at radius 2 is 2.20 bits per heavy atom. The van der Waals surface area contributed by atoms with Crippen molar-refractivity contribution in [3.63, 3.8) is 0 Å². The molecule has 2 N–H and O–H groups in total. The highest BCUT2D eigenvalue weighted by Gasteiger charge is 2.35. The molecule has 7 heteroatoms. The number of hydrogen-bond donors (Lipinski definition) is 2. The number of carboxylic acids is 1. The summed E-state index contributed by atoms with van der Waals surface area (Å²) in [5, 5.41) is 11.3. The van der Waals surface area contributed by atoms with Crippen LogP contribution in [0.5, 0.6) is 0 Å². The zero-order valence-corrected chi connectivity index (χ0v) is 10.5. The number of piperazine rings is 1. The molecule has 0 saturated carbocycles. The summed E-state index contributed by atoms with van der Waals surface area (Å²) in [6.07, 6.45) is -0.479. The average Bonchev–Trinajstić information content (AvgIpc) is 2.40. The van der Waals surface area contributed by atoms with Gasteiger partial charge in [-0.2, -0.15) is 0 Å². The van der Waals surface area contributed by atoms with Gasteiger partial charge in [-0.25, -0.2) is 4.39 Å². The molecule has 1 aliphatic rings. The molecule has 1 aromatic rings. The molecule has 0 radical (unpaired) electrons. The number of nitrogens with one attached hydrogen (secondary N) is 1. The van der Waals surface area contributed by atoms with E-state index in [-0.39, 0.29) is 18.7 Å². The van der Waals surface area contributed by atoms with E-state index < -0.39 is 36.1 Å². The molecule has 1 unspecified atom stereocenters. The topological polar surface area (TPSA) is 86.7 Å². The summed E-state index contributed by atoms with van der Waals surface area (Å²) in [4.78, 5) is 35.9. The maximum atomic E-state index is 13.1. The van der Waals surface area contributed by atoms with Gasteiger partial charge in [-0.05, 0) is 18.2 Å². The molecule has 2 rings (SSSR count). The average molecular weight is 280 g/mol. The highest BCUT2D eigenvalue weighted by Crippen LogP contribution is 2.14. The first-order valence-electron chi connectivity index (χ1n) is 6.05. The monoisotopic (exact) mass is 280 g/mol. The predicted molar refractivity (Wildman–Crippen MR) is 66.5 cm³/mol. The van der Waals surface area contributed by atoms with Gasteiger partial charge >= 0.3 is 5.97 Å². The minimum Gasteiger partial charge on any atom is -0.481 e. The highest BCUT2D eigenvalue weighted by molar-refractivity contribution is 5.99. The van der Waals surface area contributed by atoms with Crippen LogP contribution in [0.3, 0.4) is 0 Å². The lowest BCUT2D eigenvalue weighted by atomic mass is 10.1. The van der Waals surface area contributed by atoms with Gasteiger partial charge in [0.2, 0.25) is 5.91 Å². The Balaban J connectivity index is 2.25. The second-order valence-electron chi connectivity index (χ2n) is 4.41. The number of hydrogen-bond acceptors (Lipinski definition) is 3. The van der Waals surface area contributed by atoms with E-state index in [4.69, 9.17) is 5.11 Å². The van der Waals surface area contributed by atoms with Crippen LogP contribution in [0, 0.1) is 5.82 Å². The summed E-state index contributed by atoms with van der Waals surface area (Å²) >= 11 is 0. The lowest BCUT2D eigenvalue weighted by Gasteiger charge is -2.34. The van der Waals surface area contributed by atoms with E-state index in [1.54, 1.807) is 0 Å². The van der Waals surface area contributed by atoms with Crippen molar-refractivity contribution in [1.29, 1.82) is 0 Å². The maximum Gasteiger partial charge on any atom is 0.305 e. The van der Waals surface area contributed by atoms with Crippen molar-refractivity contribution in [2.24, 2.45) is 0 Å². The first-order chi connectivity index (χ1) is 9.49. The smallest absolute Gasteiger partial charge is 0.305 e. The van der Waals surface area contributed by atoms with Gasteiger partial charge in [0.25, 0.3) is 5.91 Å². The van der Waals surface area contributed by atoms with Crippen molar-refractivity contribution in [3.05, 3.63) is 35.6 Å². The van der Waals surface area contributed by atoms with E-state index >= 15 is 0 Å². The van der Waals surface area contributed by atoms with Crippen LogP contribution in [0.15, 0.2) is 24.3 Å². The van der Waals surface area contributed by atoms with Crippen molar-refractivity contribution >= 4 is 17.8 Å². The summed E-state index contributed by atoms with van der Waals surface area (Å²) < 4.78 is 13.1. The van der Waals surface area contributed by atoms with E-state index in [0.717, 1.165) is 6.07 Å². The fraction of sp³-hybridized carbons (Fsp3) is 0.308.